The maximum atomic E-state index is 14.0. The normalized spacial score (nSPS) is 22.1. The topological polar surface area (TPSA) is 63.0 Å². The molecule has 0 bridgehead atoms. The summed E-state index contributed by atoms with van der Waals surface area (Å²) in [5.41, 5.74) is 4.85. The molecule has 1 aromatic heterocycles. The molecule has 8 heteroatoms. The summed E-state index contributed by atoms with van der Waals surface area (Å²) in [4.78, 5) is 15.2. The molecule has 3 aromatic rings. The van der Waals surface area contributed by atoms with E-state index in [1.807, 2.05) is 48.0 Å². The van der Waals surface area contributed by atoms with Crippen LogP contribution in [0.2, 0.25) is 0 Å². The average Bonchev–Trinajstić information content (AvgIpc) is 3.38. The van der Waals surface area contributed by atoms with Gasteiger partial charge in [0.25, 0.3) is 5.91 Å². The lowest BCUT2D eigenvalue weighted by molar-refractivity contribution is 0.0996. The maximum Gasteiger partial charge on any atom is 0.258 e. The third-order valence-corrected chi connectivity index (χ3v) is 8.54. The van der Waals surface area contributed by atoms with Gasteiger partial charge in [0.2, 0.25) is 0 Å². The van der Waals surface area contributed by atoms with Crippen LogP contribution in [0.1, 0.15) is 89.2 Å². The van der Waals surface area contributed by atoms with E-state index in [2.05, 4.69) is 22.4 Å². The molecule has 2 saturated carbocycles. The molecular formula is C29H33F2N5O. The molecule has 2 heterocycles. The van der Waals surface area contributed by atoms with E-state index in [1.54, 1.807) is 4.90 Å². The van der Waals surface area contributed by atoms with E-state index < -0.39 is 12.8 Å². The second kappa shape index (κ2) is 9.31. The summed E-state index contributed by atoms with van der Waals surface area (Å²) < 4.78 is 29.3. The van der Waals surface area contributed by atoms with Crippen molar-refractivity contribution in [3.63, 3.8) is 0 Å². The monoisotopic (exact) mass is 505 g/mol. The average molecular weight is 506 g/mol. The van der Waals surface area contributed by atoms with Crippen molar-refractivity contribution in [1.29, 1.82) is 0 Å². The SMILES string of the molecule is Cn1c(Cc2cccc(N3Cc4c(CF)cc(CNC5(C)CCC5)cc4C3=O)c2)nnc1C1CC(F)C1. The van der Waals surface area contributed by atoms with Crippen LogP contribution in [0, 0.1) is 0 Å². The summed E-state index contributed by atoms with van der Waals surface area (Å²) in [5.74, 6) is 1.68. The molecule has 37 heavy (non-hydrogen) atoms. The van der Waals surface area contributed by atoms with Crippen LogP contribution in [0.25, 0.3) is 0 Å². The molecular weight excluding hydrogens is 472 g/mol. The minimum atomic E-state index is -0.736. The second-order valence-corrected chi connectivity index (χ2v) is 11.2. The third-order valence-electron chi connectivity index (χ3n) is 8.54. The highest BCUT2D eigenvalue weighted by molar-refractivity contribution is 6.10. The predicted molar refractivity (Wildman–Crippen MR) is 138 cm³/mol. The Kier molecular flexibility index (Phi) is 6.10. The summed E-state index contributed by atoms with van der Waals surface area (Å²) in [6, 6.07) is 11.7. The number of carbonyl (C=O) groups excluding carboxylic acids is 1. The number of benzene rings is 2. The largest absolute Gasteiger partial charge is 0.318 e. The van der Waals surface area contributed by atoms with Crippen LogP contribution in [0.15, 0.2) is 36.4 Å². The van der Waals surface area contributed by atoms with E-state index in [0.29, 0.717) is 43.5 Å². The van der Waals surface area contributed by atoms with Gasteiger partial charge in [0.15, 0.2) is 0 Å². The molecule has 0 spiro atoms. The number of carbonyl (C=O) groups is 1. The molecule has 1 N–H and O–H groups in total. The van der Waals surface area contributed by atoms with E-state index >= 15 is 0 Å². The van der Waals surface area contributed by atoms with Gasteiger partial charge in [-0.2, -0.15) is 0 Å². The number of aromatic nitrogens is 3. The van der Waals surface area contributed by atoms with Crippen LogP contribution >= 0.6 is 0 Å². The quantitative estimate of drug-likeness (QED) is 0.452. The first-order valence-corrected chi connectivity index (χ1v) is 13.2. The van der Waals surface area contributed by atoms with Crippen LogP contribution in [-0.2, 0) is 33.2 Å². The van der Waals surface area contributed by atoms with Gasteiger partial charge in [-0.25, -0.2) is 8.78 Å². The fourth-order valence-electron chi connectivity index (χ4n) is 5.84. The van der Waals surface area contributed by atoms with Crippen LogP contribution in [0.5, 0.6) is 0 Å². The number of rotatable bonds is 8. The van der Waals surface area contributed by atoms with Gasteiger partial charge < -0.3 is 14.8 Å². The first-order chi connectivity index (χ1) is 17.8. The van der Waals surface area contributed by atoms with E-state index in [1.165, 1.54) is 6.42 Å². The van der Waals surface area contributed by atoms with E-state index in [4.69, 9.17) is 0 Å². The Morgan fingerprint density at radius 3 is 2.65 bits per heavy atom. The molecule has 2 aliphatic carbocycles. The Bertz CT molecular complexity index is 1340. The van der Waals surface area contributed by atoms with Gasteiger partial charge >= 0.3 is 0 Å². The highest BCUT2D eigenvalue weighted by Crippen LogP contribution is 2.38. The Balaban J connectivity index is 1.20. The van der Waals surface area contributed by atoms with Crippen molar-refractivity contribution in [3.8, 4) is 0 Å². The second-order valence-electron chi connectivity index (χ2n) is 11.2. The van der Waals surface area contributed by atoms with Crippen LogP contribution in [-0.4, -0.2) is 32.4 Å². The minimum absolute atomic E-state index is 0.0924. The molecule has 1 amide bonds. The van der Waals surface area contributed by atoms with E-state index in [-0.39, 0.29) is 17.4 Å². The van der Waals surface area contributed by atoms with Crippen LogP contribution < -0.4 is 10.2 Å². The number of anilines is 1. The van der Waals surface area contributed by atoms with Crippen molar-refractivity contribution in [2.75, 3.05) is 4.90 Å². The number of hydrogen-bond acceptors (Lipinski definition) is 4. The van der Waals surface area contributed by atoms with Crippen LogP contribution in [0.3, 0.4) is 0 Å². The third kappa shape index (κ3) is 4.45. The van der Waals surface area contributed by atoms with Gasteiger partial charge in [0, 0.05) is 42.7 Å². The fourth-order valence-corrected chi connectivity index (χ4v) is 5.84. The number of amides is 1. The smallest absolute Gasteiger partial charge is 0.258 e. The zero-order valence-electron chi connectivity index (χ0n) is 21.4. The summed E-state index contributed by atoms with van der Waals surface area (Å²) in [5, 5.41) is 12.3. The molecule has 2 fully saturated rings. The zero-order valence-corrected chi connectivity index (χ0v) is 21.4. The summed E-state index contributed by atoms with van der Waals surface area (Å²) in [7, 11) is 1.93. The fraction of sp³-hybridized carbons (Fsp3) is 0.483. The molecule has 0 saturated heterocycles. The van der Waals surface area contributed by atoms with Crippen molar-refractivity contribution in [3.05, 3.63) is 75.9 Å². The molecule has 2 aromatic carbocycles. The Hall–Kier alpha value is -3.13. The van der Waals surface area contributed by atoms with Crippen LogP contribution in [0.4, 0.5) is 14.5 Å². The minimum Gasteiger partial charge on any atom is -0.318 e. The Morgan fingerprint density at radius 2 is 1.95 bits per heavy atom. The number of hydrogen-bond donors (Lipinski definition) is 1. The summed E-state index contributed by atoms with van der Waals surface area (Å²) in [6.45, 7) is 2.62. The molecule has 0 radical (unpaired) electrons. The molecule has 3 aliphatic rings. The van der Waals surface area contributed by atoms with Crippen molar-refractivity contribution in [1.82, 2.24) is 20.1 Å². The summed E-state index contributed by atoms with van der Waals surface area (Å²) >= 11 is 0. The van der Waals surface area contributed by atoms with Gasteiger partial charge in [0.05, 0.1) is 6.54 Å². The standard InChI is InChI=1S/C29H33F2N5O/c1-29(7-4-8-29)32-16-19-9-21(15-30)25-17-36(28(37)24(25)11-19)23-6-3-5-18(10-23)12-26-33-34-27(35(26)2)20-13-22(31)14-20/h3,5-6,9-11,20,22,32H,4,7-8,12-17H2,1-2H3. The zero-order chi connectivity index (χ0) is 25.7. The summed E-state index contributed by atoms with van der Waals surface area (Å²) in [6.07, 6.45) is 4.36. The van der Waals surface area contributed by atoms with Gasteiger partial charge in [0.1, 0.15) is 24.5 Å². The van der Waals surface area contributed by atoms with Gasteiger partial charge in [-0.1, -0.05) is 18.2 Å². The number of alkyl halides is 2. The molecule has 6 rings (SSSR count). The first-order valence-electron chi connectivity index (χ1n) is 13.2. The number of fused-ring (bicyclic) bond motifs is 1. The van der Waals surface area contributed by atoms with Gasteiger partial charge in [-0.3, -0.25) is 4.79 Å². The molecule has 194 valence electrons. The van der Waals surface area contributed by atoms with E-state index in [9.17, 15) is 13.6 Å². The molecule has 1 aliphatic heterocycles. The first kappa shape index (κ1) is 24.2. The highest BCUT2D eigenvalue weighted by Gasteiger charge is 2.35. The lowest BCUT2D eigenvalue weighted by Gasteiger charge is -2.39. The Morgan fingerprint density at radius 1 is 1.14 bits per heavy atom. The van der Waals surface area contributed by atoms with Crippen molar-refractivity contribution >= 4 is 11.6 Å². The van der Waals surface area contributed by atoms with Crippen molar-refractivity contribution in [2.45, 2.75) is 82.8 Å². The number of nitrogens with one attached hydrogen (secondary N) is 1. The lowest BCUT2D eigenvalue weighted by atomic mass is 9.78. The molecule has 6 nitrogen and oxygen atoms in total. The van der Waals surface area contributed by atoms with E-state index in [0.717, 1.165) is 46.9 Å². The number of halogens is 2. The van der Waals surface area contributed by atoms with Crippen molar-refractivity contribution < 1.29 is 13.6 Å². The predicted octanol–water partition coefficient (Wildman–Crippen LogP) is 5.28. The molecule has 0 unspecified atom stereocenters. The van der Waals surface area contributed by atoms with Gasteiger partial charge in [-0.15, -0.1) is 10.2 Å². The Labute approximate surface area is 216 Å². The van der Waals surface area contributed by atoms with Crippen molar-refractivity contribution in [2.24, 2.45) is 7.05 Å². The lowest BCUT2D eigenvalue weighted by Crippen LogP contribution is -2.47. The van der Waals surface area contributed by atoms with Gasteiger partial charge in [-0.05, 0) is 79.5 Å². The number of nitrogens with zero attached hydrogens (tertiary/aromatic N) is 4. The highest BCUT2D eigenvalue weighted by atomic mass is 19.1. The molecule has 0 atom stereocenters. The maximum absolute atomic E-state index is 14.0.